The summed E-state index contributed by atoms with van der Waals surface area (Å²) in [6.07, 6.45) is 4.10. The van der Waals surface area contributed by atoms with E-state index in [1.54, 1.807) is 0 Å². The molecule has 1 aromatic carbocycles. The van der Waals surface area contributed by atoms with Crippen molar-refractivity contribution in [2.45, 2.75) is 19.3 Å². The molecule has 0 amide bonds. The van der Waals surface area contributed by atoms with Gasteiger partial charge in [-0.15, -0.1) is 0 Å². The van der Waals surface area contributed by atoms with Gasteiger partial charge in [0, 0.05) is 5.02 Å². The maximum atomic E-state index is 6.03. The number of nitrogens with one attached hydrogen (secondary N) is 1. The maximum Gasteiger partial charge on any atom is 0.0408 e. The van der Waals surface area contributed by atoms with Gasteiger partial charge in [-0.25, -0.2) is 0 Å². The van der Waals surface area contributed by atoms with Gasteiger partial charge in [0.1, 0.15) is 0 Å². The first kappa shape index (κ1) is 10.6. The van der Waals surface area contributed by atoms with Gasteiger partial charge in [0.05, 0.1) is 0 Å². The summed E-state index contributed by atoms with van der Waals surface area (Å²) >= 11 is 6.03. The van der Waals surface area contributed by atoms with E-state index in [-0.39, 0.29) is 0 Å². The first-order valence-electron chi connectivity index (χ1n) is 6.28. The monoisotopic (exact) mass is 235 g/mol. The molecule has 16 heavy (non-hydrogen) atoms. The Labute approximate surface area is 102 Å². The highest BCUT2D eigenvalue weighted by Gasteiger charge is 2.38. The summed E-state index contributed by atoms with van der Waals surface area (Å²) in [5.41, 5.74) is 1.40. The van der Waals surface area contributed by atoms with Crippen LogP contribution in [0.25, 0.3) is 0 Å². The largest absolute Gasteiger partial charge is 0.316 e. The van der Waals surface area contributed by atoms with Crippen LogP contribution in [0, 0.1) is 17.8 Å². The van der Waals surface area contributed by atoms with Crippen molar-refractivity contribution in [1.82, 2.24) is 5.32 Å². The van der Waals surface area contributed by atoms with Crippen molar-refractivity contribution in [2.75, 3.05) is 13.1 Å². The van der Waals surface area contributed by atoms with Crippen LogP contribution in [0.15, 0.2) is 24.3 Å². The average molecular weight is 236 g/mol. The number of halogens is 1. The van der Waals surface area contributed by atoms with Crippen LogP contribution < -0.4 is 5.32 Å². The third-order valence-corrected chi connectivity index (χ3v) is 4.24. The quantitative estimate of drug-likeness (QED) is 0.849. The Bertz CT molecular complexity index is 373. The van der Waals surface area contributed by atoms with Gasteiger partial charge < -0.3 is 5.32 Å². The van der Waals surface area contributed by atoms with Crippen molar-refractivity contribution in [1.29, 1.82) is 0 Å². The van der Waals surface area contributed by atoms with Crippen LogP contribution in [0.4, 0.5) is 0 Å². The molecule has 1 saturated heterocycles. The lowest BCUT2D eigenvalue weighted by Crippen LogP contribution is -2.16. The van der Waals surface area contributed by atoms with Gasteiger partial charge in [-0.3, -0.25) is 0 Å². The van der Waals surface area contributed by atoms with Gasteiger partial charge in [-0.2, -0.15) is 0 Å². The van der Waals surface area contributed by atoms with Gasteiger partial charge in [0.15, 0.2) is 0 Å². The predicted octanol–water partition coefficient (Wildman–Crippen LogP) is 3.13. The molecule has 0 aromatic heterocycles. The molecule has 2 heteroatoms. The maximum absolute atomic E-state index is 6.03. The number of benzene rings is 1. The van der Waals surface area contributed by atoms with Crippen molar-refractivity contribution in [3.8, 4) is 0 Å². The second kappa shape index (κ2) is 4.38. The van der Waals surface area contributed by atoms with Crippen molar-refractivity contribution in [3.05, 3.63) is 34.9 Å². The van der Waals surface area contributed by atoms with Crippen LogP contribution in [0.5, 0.6) is 0 Å². The van der Waals surface area contributed by atoms with E-state index in [1.807, 2.05) is 6.07 Å². The third kappa shape index (κ3) is 2.26. The summed E-state index contributed by atoms with van der Waals surface area (Å²) in [6, 6.07) is 8.33. The summed E-state index contributed by atoms with van der Waals surface area (Å²) in [4.78, 5) is 0. The molecule has 1 nitrogen and oxygen atoms in total. The molecule has 1 heterocycles. The lowest BCUT2D eigenvalue weighted by atomic mass is 9.86. The second-order valence-electron chi connectivity index (χ2n) is 5.25. The summed E-state index contributed by atoms with van der Waals surface area (Å²) in [5, 5.41) is 4.41. The molecule has 1 aliphatic carbocycles. The summed E-state index contributed by atoms with van der Waals surface area (Å²) in [7, 11) is 0. The minimum Gasteiger partial charge on any atom is -0.316 e. The molecule has 3 rings (SSSR count). The van der Waals surface area contributed by atoms with E-state index in [1.165, 1.54) is 37.9 Å². The minimum atomic E-state index is 0.825. The lowest BCUT2D eigenvalue weighted by Gasteiger charge is -2.17. The first-order valence-corrected chi connectivity index (χ1v) is 6.66. The van der Waals surface area contributed by atoms with Gasteiger partial charge in [0.2, 0.25) is 0 Å². The summed E-state index contributed by atoms with van der Waals surface area (Å²) in [5.74, 6) is 2.75. The molecule has 1 aromatic rings. The highest BCUT2D eigenvalue weighted by Crippen LogP contribution is 2.42. The Morgan fingerprint density at radius 1 is 1.25 bits per heavy atom. The number of hydrogen-bond donors (Lipinski definition) is 1. The fraction of sp³-hybridized carbons (Fsp3) is 0.571. The van der Waals surface area contributed by atoms with E-state index in [4.69, 9.17) is 11.6 Å². The molecule has 1 aliphatic heterocycles. The topological polar surface area (TPSA) is 12.0 Å². The normalized spacial score (nSPS) is 29.6. The number of rotatable bonds is 3. The summed E-state index contributed by atoms with van der Waals surface area (Å²) in [6.45, 7) is 2.42. The molecule has 2 atom stereocenters. The summed E-state index contributed by atoms with van der Waals surface area (Å²) < 4.78 is 0. The Morgan fingerprint density at radius 3 is 2.88 bits per heavy atom. The van der Waals surface area contributed by atoms with Crippen LogP contribution in [0.1, 0.15) is 18.4 Å². The molecule has 0 spiro atoms. The third-order valence-electron chi connectivity index (χ3n) is 4.01. The van der Waals surface area contributed by atoms with Crippen molar-refractivity contribution >= 4 is 11.6 Å². The highest BCUT2D eigenvalue weighted by atomic mass is 35.5. The smallest absolute Gasteiger partial charge is 0.0408 e. The molecule has 0 radical (unpaired) electrons. The molecular formula is C14H18ClN. The predicted molar refractivity (Wildman–Crippen MR) is 67.7 cm³/mol. The van der Waals surface area contributed by atoms with Crippen LogP contribution in [-0.2, 0) is 6.42 Å². The SMILES string of the molecule is Clc1cccc(C[C@@H]2CNC[C@H]2C2CC2)c1. The highest BCUT2D eigenvalue weighted by molar-refractivity contribution is 6.30. The van der Waals surface area contributed by atoms with E-state index < -0.39 is 0 Å². The van der Waals surface area contributed by atoms with Gasteiger partial charge in [0.25, 0.3) is 0 Å². The molecule has 0 bridgehead atoms. The Morgan fingerprint density at radius 2 is 2.12 bits per heavy atom. The van der Waals surface area contributed by atoms with Crippen LogP contribution in [-0.4, -0.2) is 13.1 Å². The second-order valence-corrected chi connectivity index (χ2v) is 5.69. The molecule has 1 saturated carbocycles. The minimum absolute atomic E-state index is 0.825. The van der Waals surface area contributed by atoms with Crippen LogP contribution >= 0.6 is 11.6 Å². The van der Waals surface area contributed by atoms with Gasteiger partial charge in [-0.1, -0.05) is 23.7 Å². The Hall–Kier alpha value is -0.530. The van der Waals surface area contributed by atoms with E-state index in [0.717, 1.165) is 22.8 Å². The average Bonchev–Trinajstić information content (AvgIpc) is 3.00. The standard InChI is InChI=1S/C14H18ClN/c15-13-3-1-2-10(7-13)6-12-8-16-9-14(12)11-4-5-11/h1-3,7,11-12,14,16H,4-6,8-9H2/t12-,14+/m1/s1. The zero-order valence-corrected chi connectivity index (χ0v) is 10.2. The lowest BCUT2D eigenvalue weighted by molar-refractivity contribution is 0.373. The van der Waals surface area contributed by atoms with Crippen LogP contribution in [0.2, 0.25) is 5.02 Å². The molecule has 86 valence electrons. The Balaban J connectivity index is 1.69. The van der Waals surface area contributed by atoms with Crippen LogP contribution in [0.3, 0.4) is 0 Å². The van der Waals surface area contributed by atoms with Crippen molar-refractivity contribution < 1.29 is 0 Å². The van der Waals surface area contributed by atoms with Crippen molar-refractivity contribution in [2.24, 2.45) is 17.8 Å². The fourth-order valence-electron chi connectivity index (χ4n) is 3.02. The van der Waals surface area contributed by atoms with E-state index in [9.17, 15) is 0 Å². The number of hydrogen-bond acceptors (Lipinski definition) is 1. The van der Waals surface area contributed by atoms with E-state index in [0.29, 0.717) is 0 Å². The molecule has 0 unspecified atom stereocenters. The Kier molecular flexibility index (Phi) is 2.91. The van der Waals surface area contributed by atoms with E-state index in [2.05, 4.69) is 23.5 Å². The zero-order chi connectivity index (χ0) is 11.0. The molecule has 1 N–H and O–H groups in total. The van der Waals surface area contributed by atoms with Gasteiger partial charge in [-0.05, 0) is 67.8 Å². The van der Waals surface area contributed by atoms with E-state index >= 15 is 0 Å². The van der Waals surface area contributed by atoms with Gasteiger partial charge >= 0.3 is 0 Å². The molecular weight excluding hydrogens is 218 g/mol. The zero-order valence-electron chi connectivity index (χ0n) is 9.45. The molecule has 2 aliphatic rings. The fourth-order valence-corrected chi connectivity index (χ4v) is 3.23. The van der Waals surface area contributed by atoms with Crippen molar-refractivity contribution in [3.63, 3.8) is 0 Å². The molecule has 2 fully saturated rings. The first-order chi connectivity index (χ1) is 7.83.